The van der Waals surface area contributed by atoms with E-state index < -0.39 is 0 Å². The van der Waals surface area contributed by atoms with Crippen LogP contribution in [0.1, 0.15) is 19.8 Å². The van der Waals surface area contributed by atoms with Crippen LogP contribution in [0.3, 0.4) is 0 Å². The van der Waals surface area contributed by atoms with Crippen molar-refractivity contribution in [1.29, 1.82) is 0 Å². The first-order chi connectivity index (χ1) is 4.93. The van der Waals surface area contributed by atoms with Gasteiger partial charge in [-0.15, -0.1) is 0 Å². The average Bonchev–Trinajstić information content (AvgIpc) is 2.41. The van der Waals surface area contributed by atoms with E-state index in [4.69, 9.17) is 4.74 Å². The minimum atomic E-state index is 0.796. The van der Waals surface area contributed by atoms with Gasteiger partial charge in [-0.25, -0.2) is 0 Å². The zero-order valence-corrected chi connectivity index (χ0v) is 6.18. The highest BCUT2D eigenvalue weighted by molar-refractivity contribution is 5.13. The Morgan fingerprint density at radius 2 is 2.60 bits per heavy atom. The zero-order valence-electron chi connectivity index (χ0n) is 6.18. The molecule has 0 atom stereocenters. The molecule has 0 unspecified atom stereocenters. The lowest BCUT2D eigenvalue weighted by molar-refractivity contribution is 0.309. The van der Waals surface area contributed by atoms with E-state index in [-0.39, 0.29) is 0 Å². The molecule has 55 valence electrons. The maximum absolute atomic E-state index is 5.30. The molecule has 10 heavy (non-hydrogen) atoms. The summed E-state index contributed by atoms with van der Waals surface area (Å²) in [5.41, 5.74) is 0. The molecule has 0 amide bonds. The molecule has 0 aliphatic heterocycles. The van der Waals surface area contributed by atoms with E-state index in [0.717, 1.165) is 18.8 Å². The second-order valence-electron chi connectivity index (χ2n) is 2.17. The van der Waals surface area contributed by atoms with Gasteiger partial charge in [0.15, 0.2) is 0 Å². The molecule has 0 fully saturated rings. The van der Waals surface area contributed by atoms with E-state index in [9.17, 15) is 0 Å². The minimum Gasteiger partial charge on any atom is -0.491 e. The van der Waals surface area contributed by atoms with Crippen LogP contribution in [-0.4, -0.2) is 11.6 Å². The molecular weight excluding hydrogens is 126 g/mol. The van der Waals surface area contributed by atoms with Crippen molar-refractivity contribution in [3.63, 3.8) is 0 Å². The first-order valence-corrected chi connectivity index (χ1v) is 3.61. The predicted octanol–water partition coefficient (Wildman–Crippen LogP) is 1.99. The van der Waals surface area contributed by atoms with Gasteiger partial charge in [-0.2, -0.15) is 0 Å². The molecule has 1 aromatic heterocycles. The van der Waals surface area contributed by atoms with Crippen molar-refractivity contribution in [2.24, 2.45) is 0 Å². The largest absolute Gasteiger partial charge is 0.491 e. The van der Waals surface area contributed by atoms with E-state index in [1.165, 1.54) is 6.42 Å². The third kappa shape index (κ3) is 2.13. The van der Waals surface area contributed by atoms with Crippen molar-refractivity contribution >= 4 is 0 Å². The van der Waals surface area contributed by atoms with E-state index in [1.807, 2.05) is 6.07 Å². The Balaban J connectivity index is 2.15. The molecule has 0 aromatic carbocycles. The van der Waals surface area contributed by atoms with Crippen LogP contribution < -0.4 is 4.74 Å². The SMILES string of the molecule is CCCCOc1[c][nH]cc1. The van der Waals surface area contributed by atoms with Crippen molar-refractivity contribution in [2.45, 2.75) is 19.8 Å². The van der Waals surface area contributed by atoms with Gasteiger partial charge in [-0.3, -0.25) is 0 Å². The monoisotopic (exact) mass is 138 g/mol. The van der Waals surface area contributed by atoms with Crippen molar-refractivity contribution < 1.29 is 4.74 Å². The van der Waals surface area contributed by atoms with Gasteiger partial charge in [-0.1, -0.05) is 13.3 Å². The number of H-pyrrole nitrogens is 1. The molecule has 2 nitrogen and oxygen atoms in total. The van der Waals surface area contributed by atoms with Gasteiger partial charge in [0.05, 0.1) is 6.61 Å². The highest BCUT2D eigenvalue weighted by atomic mass is 16.5. The van der Waals surface area contributed by atoms with Crippen molar-refractivity contribution in [2.75, 3.05) is 6.61 Å². The molecule has 2 heteroatoms. The van der Waals surface area contributed by atoms with Gasteiger partial charge in [0.25, 0.3) is 0 Å². The smallest absolute Gasteiger partial charge is 0.146 e. The van der Waals surface area contributed by atoms with Crippen LogP contribution in [0.15, 0.2) is 12.3 Å². The standard InChI is InChI=1S/C8H12NO/c1-2-3-6-10-8-4-5-9-7-8/h4-5,9H,2-3,6H2,1H3. The second kappa shape index (κ2) is 3.99. The Morgan fingerprint density at radius 1 is 1.70 bits per heavy atom. The lowest BCUT2D eigenvalue weighted by Gasteiger charge is -1.99. The molecule has 0 saturated carbocycles. The second-order valence-corrected chi connectivity index (χ2v) is 2.17. The van der Waals surface area contributed by atoms with Gasteiger partial charge < -0.3 is 9.72 Å². The average molecular weight is 138 g/mol. The Labute approximate surface area is 61.2 Å². The Bertz CT molecular complexity index is 158. The van der Waals surface area contributed by atoms with E-state index in [0.29, 0.717) is 0 Å². The molecule has 0 saturated heterocycles. The lowest BCUT2D eigenvalue weighted by atomic mass is 10.4. The van der Waals surface area contributed by atoms with Crippen LogP contribution in [0, 0.1) is 6.20 Å². The molecule has 0 spiro atoms. The normalized spacial score (nSPS) is 9.70. The summed E-state index contributed by atoms with van der Waals surface area (Å²) in [6, 6.07) is 1.87. The number of nitrogens with one attached hydrogen (secondary N) is 1. The summed E-state index contributed by atoms with van der Waals surface area (Å²) in [6.07, 6.45) is 6.94. The summed E-state index contributed by atoms with van der Waals surface area (Å²) in [5.74, 6) is 0.813. The number of unbranched alkanes of at least 4 members (excludes halogenated alkanes) is 1. The maximum atomic E-state index is 5.30. The van der Waals surface area contributed by atoms with Crippen LogP contribution in [0.4, 0.5) is 0 Å². The fraction of sp³-hybridized carbons (Fsp3) is 0.500. The van der Waals surface area contributed by atoms with Crippen molar-refractivity contribution in [3.8, 4) is 5.75 Å². The number of aromatic nitrogens is 1. The fourth-order valence-corrected chi connectivity index (χ4v) is 0.682. The third-order valence-corrected chi connectivity index (χ3v) is 1.27. The Kier molecular flexibility index (Phi) is 2.87. The van der Waals surface area contributed by atoms with Gasteiger partial charge in [-0.05, 0) is 12.5 Å². The summed E-state index contributed by atoms with van der Waals surface area (Å²) in [5, 5.41) is 0. The first-order valence-electron chi connectivity index (χ1n) is 3.61. The number of rotatable bonds is 4. The van der Waals surface area contributed by atoms with Gasteiger partial charge >= 0.3 is 0 Å². The van der Waals surface area contributed by atoms with E-state index in [1.54, 1.807) is 6.20 Å². The van der Waals surface area contributed by atoms with Crippen LogP contribution in [-0.2, 0) is 0 Å². The molecule has 0 aliphatic carbocycles. The highest BCUT2D eigenvalue weighted by Crippen LogP contribution is 2.06. The van der Waals surface area contributed by atoms with Gasteiger partial charge in [0.2, 0.25) is 0 Å². The lowest BCUT2D eigenvalue weighted by Crippen LogP contribution is -1.94. The minimum absolute atomic E-state index is 0.796. The first kappa shape index (κ1) is 7.19. The molecular formula is C8H12NO. The van der Waals surface area contributed by atoms with Crippen LogP contribution in [0.5, 0.6) is 5.75 Å². The predicted molar refractivity (Wildman–Crippen MR) is 40.0 cm³/mol. The molecule has 1 radical (unpaired) electrons. The molecule has 1 aromatic rings. The van der Waals surface area contributed by atoms with Crippen LogP contribution >= 0.6 is 0 Å². The van der Waals surface area contributed by atoms with Gasteiger partial charge in [0, 0.05) is 6.20 Å². The van der Waals surface area contributed by atoms with Gasteiger partial charge in [0.1, 0.15) is 11.9 Å². The molecule has 0 bridgehead atoms. The number of hydrogen-bond acceptors (Lipinski definition) is 1. The van der Waals surface area contributed by atoms with E-state index in [2.05, 4.69) is 18.1 Å². The molecule has 1 rings (SSSR count). The van der Waals surface area contributed by atoms with Crippen molar-refractivity contribution in [3.05, 3.63) is 18.5 Å². The molecule has 0 aliphatic rings. The van der Waals surface area contributed by atoms with E-state index >= 15 is 0 Å². The quantitative estimate of drug-likeness (QED) is 0.632. The fourth-order valence-electron chi connectivity index (χ4n) is 0.682. The number of ether oxygens (including phenoxy) is 1. The molecule has 1 N–H and O–H groups in total. The Morgan fingerprint density at radius 3 is 3.20 bits per heavy atom. The Hall–Kier alpha value is -0.920. The summed E-state index contributed by atoms with van der Waals surface area (Å²) < 4.78 is 5.30. The number of hydrogen-bond donors (Lipinski definition) is 1. The summed E-state index contributed by atoms with van der Waals surface area (Å²) in [7, 11) is 0. The highest BCUT2D eigenvalue weighted by Gasteiger charge is 1.90. The van der Waals surface area contributed by atoms with Crippen LogP contribution in [0.25, 0.3) is 0 Å². The zero-order chi connectivity index (χ0) is 7.23. The number of aromatic amines is 1. The summed E-state index contributed by atoms with van der Waals surface area (Å²) >= 11 is 0. The topological polar surface area (TPSA) is 25.0 Å². The third-order valence-electron chi connectivity index (χ3n) is 1.27. The molecule has 1 heterocycles. The van der Waals surface area contributed by atoms with Crippen molar-refractivity contribution in [1.82, 2.24) is 4.98 Å². The maximum Gasteiger partial charge on any atom is 0.146 e. The summed E-state index contributed by atoms with van der Waals surface area (Å²) in [4.78, 5) is 2.81. The summed E-state index contributed by atoms with van der Waals surface area (Å²) in [6.45, 7) is 2.94. The van der Waals surface area contributed by atoms with Crippen LogP contribution in [0.2, 0.25) is 0 Å².